The Kier molecular flexibility index (Phi) is 34.6. The molecule has 0 aromatic carbocycles. The normalized spacial score (nSPS) is 12.4. The molecular formula is C37H72O4. The van der Waals surface area contributed by atoms with Crippen LogP contribution in [0.15, 0.2) is 12.2 Å². The van der Waals surface area contributed by atoms with Gasteiger partial charge in [0.15, 0.2) is 0 Å². The summed E-state index contributed by atoms with van der Waals surface area (Å²) in [4.78, 5) is 12.1. The third-order valence-corrected chi connectivity index (χ3v) is 8.07. The molecule has 0 bridgehead atoms. The van der Waals surface area contributed by atoms with Gasteiger partial charge in [0.2, 0.25) is 0 Å². The third kappa shape index (κ3) is 33.5. The number of esters is 1. The Morgan fingerprint density at radius 1 is 0.561 bits per heavy atom. The van der Waals surface area contributed by atoms with E-state index in [0.29, 0.717) is 19.6 Å². The van der Waals surface area contributed by atoms with Crippen LogP contribution < -0.4 is 0 Å². The van der Waals surface area contributed by atoms with E-state index in [9.17, 15) is 9.90 Å². The van der Waals surface area contributed by atoms with Crippen molar-refractivity contribution in [2.45, 2.75) is 200 Å². The van der Waals surface area contributed by atoms with E-state index in [-0.39, 0.29) is 12.6 Å². The number of unbranched alkanes of at least 4 members (excludes halogenated alkanes) is 24. The van der Waals surface area contributed by atoms with Crippen molar-refractivity contribution in [2.75, 3.05) is 19.8 Å². The number of hydrogen-bond donors (Lipinski definition) is 1. The summed E-state index contributed by atoms with van der Waals surface area (Å²) in [7, 11) is 0. The van der Waals surface area contributed by atoms with Crippen molar-refractivity contribution in [2.24, 2.45) is 0 Å². The van der Waals surface area contributed by atoms with Crippen LogP contribution in [-0.2, 0) is 14.3 Å². The Morgan fingerprint density at radius 2 is 1.00 bits per heavy atom. The average molecular weight is 581 g/mol. The Morgan fingerprint density at radius 3 is 1.49 bits per heavy atom. The second-order valence-electron chi connectivity index (χ2n) is 12.3. The monoisotopic (exact) mass is 581 g/mol. The minimum absolute atomic E-state index is 0.169. The summed E-state index contributed by atoms with van der Waals surface area (Å²) >= 11 is 0. The summed E-state index contributed by atoms with van der Waals surface area (Å²) in [6.45, 7) is 5.30. The molecule has 0 rings (SSSR count). The lowest BCUT2D eigenvalue weighted by molar-refractivity contribution is -0.154. The van der Waals surface area contributed by atoms with E-state index in [4.69, 9.17) is 9.47 Å². The minimum atomic E-state index is -0.529. The maximum Gasteiger partial charge on any atom is 0.306 e. The molecule has 0 spiro atoms. The molecule has 0 saturated heterocycles. The highest BCUT2D eigenvalue weighted by atomic mass is 16.6. The summed E-state index contributed by atoms with van der Waals surface area (Å²) in [6, 6.07) is 0. The summed E-state index contributed by atoms with van der Waals surface area (Å²) in [5, 5.41) is 9.53. The van der Waals surface area contributed by atoms with Crippen molar-refractivity contribution in [3.8, 4) is 0 Å². The maximum atomic E-state index is 12.1. The van der Waals surface area contributed by atoms with Crippen molar-refractivity contribution in [3.05, 3.63) is 12.2 Å². The number of allylic oxidation sites excluding steroid dienone is 2. The molecule has 1 N–H and O–H groups in total. The van der Waals surface area contributed by atoms with Crippen LogP contribution in [-0.4, -0.2) is 37.0 Å². The maximum absolute atomic E-state index is 12.1. The third-order valence-electron chi connectivity index (χ3n) is 8.07. The van der Waals surface area contributed by atoms with Gasteiger partial charge < -0.3 is 14.6 Å². The van der Waals surface area contributed by atoms with Gasteiger partial charge in [-0.1, -0.05) is 167 Å². The summed E-state index contributed by atoms with van der Waals surface area (Å²) in [6.07, 6.45) is 39.7. The van der Waals surface area contributed by atoms with Gasteiger partial charge >= 0.3 is 5.97 Å². The van der Waals surface area contributed by atoms with Crippen LogP contribution in [0.5, 0.6) is 0 Å². The molecule has 0 aromatic heterocycles. The lowest BCUT2D eigenvalue weighted by Gasteiger charge is -2.15. The van der Waals surface area contributed by atoms with Crippen LogP contribution in [0.1, 0.15) is 194 Å². The predicted molar refractivity (Wildman–Crippen MR) is 178 cm³/mol. The molecule has 244 valence electrons. The first kappa shape index (κ1) is 40.1. The second kappa shape index (κ2) is 35.3. The number of rotatable bonds is 34. The molecule has 41 heavy (non-hydrogen) atoms. The molecule has 0 heterocycles. The van der Waals surface area contributed by atoms with Gasteiger partial charge in [0, 0.05) is 13.0 Å². The lowest BCUT2D eigenvalue weighted by Crippen LogP contribution is -2.27. The molecule has 0 aliphatic rings. The molecular weight excluding hydrogens is 508 g/mol. The van der Waals surface area contributed by atoms with E-state index in [1.54, 1.807) is 0 Å². The number of aliphatic hydroxyl groups is 1. The Balaban J connectivity index is 3.39. The van der Waals surface area contributed by atoms with Gasteiger partial charge in [-0.05, 0) is 32.1 Å². The zero-order valence-corrected chi connectivity index (χ0v) is 27.8. The zero-order chi connectivity index (χ0) is 29.9. The highest BCUT2D eigenvalue weighted by Gasteiger charge is 2.13. The van der Waals surface area contributed by atoms with Gasteiger partial charge in [-0.2, -0.15) is 0 Å². The molecule has 0 amide bonds. The highest BCUT2D eigenvalue weighted by Crippen LogP contribution is 2.15. The first-order valence-electron chi connectivity index (χ1n) is 18.3. The minimum Gasteiger partial charge on any atom is -0.457 e. The first-order chi connectivity index (χ1) is 20.2. The zero-order valence-electron chi connectivity index (χ0n) is 27.8. The van der Waals surface area contributed by atoms with Gasteiger partial charge in [0.05, 0.1) is 13.2 Å². The lowest BCUT2D eigenvalue weighted by atomic mass is 10.0. The van der Waals surface area contributed by atoms with Gasteiger partial charge in [0.25, 0.3) is 0 Å². The Hall–Kier alpha value is -0.870. The summed E-state index contributed by atoms with van der Waals surface area (Å²) < 4.78 is 11.1. The van der Waals surface area contributed by atoms with Crippen LogP contribution in [0.2, 0.25) is 0 Å². The van der Waals surface area contributed by atoms with E-state index in [0.717, 1.165) is 19.3 Å². The number of ether oxygens (including phenoxy) is 2. The average Bonchev–Trinajstić information content (AvgIpc) is 2.98. The van der Waals surface area contributed by atoms with Crippen LogP contribution in [0, 0.1) is 0 Å². The second-order valence-corrected chi connectivity index (χ2v) is 12.3. The molecule has 0 aliphatic carbocycles. The Bertz CT molecular complexity index is 533. The molecule has 4 nitrogen and oxygen atoms in total. The topological polar surface area (TPSA) is 55.8 Å². The van der Waals surface area contributed by atoms with E-state index >= 15 is 0 Å². The fourth-order valence-corrected chi connectivity index (χ4v) is 5.33. The molecule has 0 aliphatic heterocycles. The number of carbonyl (C=O) groups excluding carboxylic acids is 1. The molecule has 0 radical (unpaired) electrons. The highest BCUT2D eigenvalue weighted by molar-refractivity contribution is 5.69. The number of carbonyl (C=O) groups is 1. The smallest absolute Gasteiger partial charge is 0.306 e. The van der Waals surface area contributed by atoms with Crippen LogP contribution in [0.25, 0.3) is 0 Å². The number of hydrogen-bond acceptors (Lipinski definition) is 4. The SMILES string of the molecule is CCC/C=C\CCCCCCCCOCC(CO)OC(=O)CCCCCCCCCCCCCCCCCCCC. The van der Waals surface area contributed by atoms with Crippen molar-refractivity contribution < 1.29 is 19.4 Å². The predicted octanol–water partition coefficient (Wildman–Crippen LogP) is 11.4. The van der Waals surface area contributed by atoms with E-state index < -0.39 is 6.10 Å². The largest absolute Gasteiger partial charge is 0.457 e. The Labute approximate surface area is 256 Å². The molecule has 0 aromatic rings. The van der Waals surface area contributed by atoms with Crippen molar-refractivity contribution in [1.82, 2.24) is 0 Å². The van der Waals surface area contributed by atoms with Crippen LogP contribution in [0.3, 0.4) is 0 Å². The molecule has 1 unspecified atom stereocenters. The van der Waals surface area contributed by atoms with Crippen LogP contribution in [0.4, 0.5) is 0 Å². The van der Waals surface area contributed by atoms with Crippen LogP contribution >= 0.6 is 0 Å². The molecule has 0 fully saturated rings. The molecule has 4 heteroatoms. The summed E-state index contributed by atoms with van der Waals surface area (Å²) in [5.41, 5.74) is 0. The standard InChI is InChI=1S/C37H72O4/c1-3-5-7-9-11-13-15-16-17-18-19-20-21-22-24-26-28-30-32-37(39)41-36(34-38)35-40-33-31-29-27-25-23-14-12-10-8-6-4-2/h8,10,36,38H,3-7,9,11-35H2,1-2H3/b10-8-. The number of aliphatic hydroxyl groups excluding tert-OH is 1. The van der Waals surface area contributed by atoms with E-state index in [1.807, 2.05) is 0 Å². The van der Waals surface area contributed by atoms with Crippen molar-refractivity contribution in [1.29, 1.82) is 0 Å². The molecule has 0 saturated carbocycles. The fraction of sp³-hybridized carbons (Fsp3) is 0.919. The van der Waals surface area contributed by atoms with E-state index in [2.05, 4.69) is 26.0 Å². The van der Waals surface area contributed by atoms with Gasteiger partial charge in [-0.25, -0.2) is 0 Å². The molecule has 1 atom stereocenters. The van der Waals surface area contributed by atoms with Gasteiger partial charge in [0.1, 0.15) is 6.10 Å². The summed E-state index contributed by atoms with van der Waals surface area (Å²) in [5.74, 6) is -0.200. The van der Waals surface area contributed by atoms with Gasteiger partial charge in [-0.15, -0.1) is 0 Å². The van der Waals surface area contributed by atoms with E-state index in [1.165, 1.54) is 154 Å². The first-order valence-corrected chi connectivity index (χ1v) is 18.3. The van der Waals surface area contributed by atoms with Crippen molar-refractivity contribution >= 4 is 5.97 Å². The quantitative estimate of drug-likeness (QED) is 0.0467. The van der Waals surface area contributed by atoms with Gasteiger partial charge in [-0.3, -0.25) is 4.79 Å². The fourth-order valence-electron chi connectivity index (χ4n) is 5.33. The van der Waals surface area contributed by atoms with Crippen molar-refractivity contribution in [3.63, 3.8) is 0 Å².